The average Bonchev–Trinajstić information content (AvgIpc) is 3.45. The Labute approximate surface area is 192 Å². The maximum absolute atomic E-state index is 13.1. The van der Waals surface area contributed by atoms with Gasteiger partial charge in [0.1, 0.15) is 23.0 Å². The van der Waals surface area contributed by atoms with Crippen molar-refractivity contribution in [2.45, 2.75) is 12.3 Å². The summed E-state index contributed by atoms with van der Waals surface area (Å²) >= 11 is 0. The molecule has 2 aromatic heterocycles. The SMILES string of the molecule is COc1ccc2cc([C@H]3CC(=O)Oc4ccc5c(c43)O/C(=C\c3ccco3)C5=O)c(=O)[nH]c2c1. The zero-order valence-electron chi connectivity index (χ0n) is 17.9. The second kappa shape index (κ2) is 7.48. The van der Waals surface area contributed by atoms with Crippen LogP contribution in [0.15, 0.2) is 69.8 Å². The molecule has 34 heavy (non-hydrogen) atoms. The van der Waals surface area contributed by atoms with E-state index in [2.05, 4.69) is 4.98 Å². The molecule has 8 heteroatoms. The summed E-state index contributed by atoms with van der Waals surface area (Å²) in [5.41, 5.74) is 1.47. The summed E-state index contributed by atoms with van der Waals surface area (Å²) in [4.78, 5) is 41.4. The van der Waals surface area contributed by atoms with Crippen molar-refractivity contribution >= 4 is 28.7 Å². The van der Waals surface area contributed by atoms with Crippen LogP contribution in [0.2, 0.25) is 0 Å². The molecule has 2 aliphatic heterocycles. The van der Waals surface area contributed by atoms with Crippen LogP contribution in [0.25, 0.3) is 17.0 Å². The lowest BCUT2D eigenvalue weighted by Gasteiger charge is -2.26. The standard InChI is InChI=1S/C26H17NO7/c1-31-14-5-4-13-9-18(26(30)27-19(13)10-14)17-12-22(28)33-20-7-6-16-24(29)21(34-25(16)23(17)20)11-15-3-2-8-32-15/h2-11,17H,12H2,1H3,(H,27,30)/b21-11-/t17-/m1/s1. The number of furan rings is 1. The minimum absolute atomic E-state index is 0.0665. The molecule has 2 aromatic carbocycles. The number of aromatic nitrogens is 1. The smallest absolute Gasteiger partial charge is 0.312 e. The largest absolute Gasteiger partial charge is 0.497 e. The lowest BCUT2D eigenvalue weighted by molar-refractivity contribution is -0.135. The summed E-state index contributed by atoms with van der Waals surface area (Å²) in [6.45, 7) is 0. The Balaban J connectivity index is 1.51. The molecule has 168 valence electrons. The Hall–Kier alpha value is -4.59. The van der Waals surface area contributed by atoms with Crippen LogP contribution in [-0.2, 0) is 4.79 Å². The third kappa shape index (κ3) is 3.11. The van der Waals surface area contributed by atoms with Gasteiger partial charge in [0.25, 0.3) is 5.56 Å². The monoisotopic (exact) mass is 455 g/mol. The molecule has 0 saturated carbocycles. The summed E-state index contributed by atoms with van der Waals surface area (Å²) in [7, 11) is 1.55. The first-order chi connectivity index (χ1) is 16.5. The van der Waals surface area contributed by atoms with Gasteiger partial charge in [0.2, 0.25) is 5.78 Å². The molecule has 2 aliphatic rings. The molecule has 0 saturated heterocycles. The van der Waals surface area contributed by atoms with Crippen molar-refractivity contribution in [1.82, 2.24) is 4.98 Å². The van der Waals surface area contributed by atoms with Crippen LogP contribution in [0, 0.1) is 0 Å². The normalized spacial score (nSPS) is 17.9. The van der Waals surface area contributed by atoms with Gasteiger partial charge in [0.05, 0.1) is 30.9 Å². The zero-order chi connectivity index (χ0) is 23.4. The van der Waals surface area contributed by atoms with Crippen LogP contribution >= 0.6 is 0 Å². The summed E-state index contributed by atoms with van der Waals surface area (Å²) in [6, 6.07) is 13.6. The topological polar surface area (TPSA) is 108 Å². The van der Waals surface area contributed by atoms with Crippen LogP contribution in [0.3, 0.4) is 0 Å². The Morgan fingerprint density at radius 3 is 2.74 bits per heavy atom. The molecule has 4 heterocycles. The van der Waals surface area contributed by atoms with Crippen LogP contribution < -0.4 is 19.8 Å². The van der Waals surface area contributed by atoms with Gasteiger partial charge in [-0.3, -0.25) is 14.4 Å². The molecule has 1 atom stereocenters. The lowest BCUT2D eigenvalue weighted by Crippen LogP contribution is -2.26. The molecule has 4 aromatic rings. The zero-order valence-corrected chi connectivity index (χ0v) is 17.9. The fourth-order valence-corrected chi connectivity index (χ4v) is 4.46. The van der Waals surface area contributed by atoms with Crippen LogP contribution in [0.1, 0.15) is 39.6 Å². The second-order valence-electron chi connectivity index (χ2n) is 8.05. The number of carbonyl (C=O) groups excluding carboxylic acids is 2. The average molecular weight is 455 g/mol. The van der Waals surface area contributed by atoms with E-state index in [4.69, 9.17) is 18.6 Å². The van der Waals surface area contributed by atoms with E-state index in [-0.39, 0.29) is 35.0 Å². The first kappa shape index (κ1) is 20.0. The number of hydrogen-bond acceptors (Lipinski definition) is 7. The number of H-pyrrole nitrogens is 1. The van der Waals surface area contributed by atoms with E-state index in [9.17, 15) is 14.4 Å². The third-order valence-corrected chi connectivity index (χ3v) is 6.05. The molecule has 0 radical (unpaired) electrons. The Bertz CT molecular complexity index is 1580. The Morgan fingerprint density at radius 2 is 1.94 bits per heavy atom. The van der Waals surface area contributed by atoms with Gasteiger partial charge in [0.15, 0.2) is 5.76 Å². The van der Waals surface area contributed by atoms with Gasteiger partial charge >= 0.3 is 5.97 Å². The minimum Gasteiger partial charge on any atom is -0.497 e. The molecular formula is C26H17NO7. The minimum atomic E-state index is -0.655. The number of hydrogen-bond donors (Lipinski definition) is 1. The fourth-order valence-electron chi connectivity index (χ4n) is 4.46. The molecule has 0 bridgehead atoms. The van der Waals surface area contributed by atoms with E-state index in [1.807, 2.05) is 6.07 Å². The number of fused-ring (bicyclic) bond motifs is 4. The summed E-state index contributed by atoms with van der Waals surface area (Å²) in [5, 5.41) is 0.777. The van der Waals surface area contributed by atoms with Gasteiger partial charge in [0, 0.05) is 29.2 Å². The first-order valence-corrected chi connectivity index (χ1v) is 10.6. The van der Waals surface area contributed by atoms with Gasteiger partial charge < -0.3 is 23.6 Å². The van der Waals surface area contributed by atoms with E-state index in [0.717, 1.165) is 5.39 Å². The molecule has 1 N–H and O–H groups in total. The molecule has 0 unspecified atom stereocenters. The highest BCUT2D eigenvalue weighted by Gasteiger charge is 2.39. The van der Waals surface area contributed by atoms with E-state index >= 15 is 0 Å². The van der Waals surface area contributed by atoms with Crippen LogP contribution in [-0.4, -0.2) is 23.8 Å². The Kier molecular flexibility index (Phi) is 4.41. The van der Waals surface area contributed by atoms with Crippen molar-refractivity contribution in [3.05, 3.63) is 93.4 Å². The van der Waals surface area contributed by atoms with Crippen LogP contribution in [0.5, 0.6) is 17.2 Å². The number of esters is 1. The van der Waals surface area contributed by atoms with Crippen LogP contribution in [0.4, 0.5) is 0 Å². The number of pyridine rings is 1. The van der Waals surface area contributed by atoms with Gasteiger partial charge in [-0.25, -0.2) is 0 Å². The van der Waals surface area contributed by atoms with Crippen molar-refractivity contribution in [2.24, 2.45) is 0 Å². The molecule has 0 spiro atoms. The quantitative estimate of drug-likeness (QED) is 0.280. The number of benzene rings is 2. The second-order valence-corrected chi connectivity index (χ2v) is 8.05. The fraction of sp³-hybridized carbons (Fsp3) is 0.115. The predicted octanol–water partition coefficient (Wildman–Crippen LogP) is 4.19. The van der Waals surface area contributed by atoms with Crippen molar-refractivity contribution in [2.75, 3.05) is 7.11 Å². The summed E-state index contributed by atoms with van der Waals surface area (Å²) in [6.07, 6.45) is 2.94. The van der Waals surface area contributed by atoms with E-state index in [0.29, 0.717) is 33.7 Å². The molecule has 0 fully saturated rings. The van der Waals surface area contributed by atoms with E-state index < -0.39 is 11.9 Å². The van der Waals surface area contributed by atoms with Crippen molar-refractivity contribution in [1.29, 1.82) is 0 Å². The summed E-state index contributed by atoms with van der Waals surface area (Å²) < 4.78 is 21.9. The van der Waals surface area contributed by atoms with Gasteiger partial charge in [-0.1, -0.05) is 0 Å². The highest BCUT2D eigenvalue weighted by molar-refractivity contribution is 6.15. The third-order valence-electron chi connectivity index (χ3n) is 6.05. The maximum Gasteiger partial charge on any atom is 0.312 e. The number of ether oxygens (including phenoxy) is 3. The number of allylic oxidation sites excluding steroid dienone is 1. The molecular weight excluding hydrogens is 438 g/mol. The molecule has 6 rings (SSSR count). The highest BCUT2D eigenvalue weighted by Crippen LogP contribution is 2.48. The van der Waals surface area contributed by atoms with E-state index in [1.54, 1.807) is 49.6 Å². The van der Waals surface area contributed by atoms with E-state index in [1.165, 1.54) is 12.3 Å². The Morgan fingerprint density at radius 1 is 1.06 bits per heavy atom. The highest BCUT2D eigenvalue weighted by atomic mass is 16.5. The van der Waals surface area contributed by atoms with Crippen molar-refractivity contribution in [3.63, 3.8) is 0 Å². The number of rotatable bonds is 3. The molecule has 0 aliphatic carbocycles. The maximum atomic E-state index is 13.1. The number of carbonyl (C=O) groups is 2. The van der Waals surface area contributed by atoms with Gasteiger partial charge in [-0.2, -0.15) is 0 Å². The van der Waals surface area contributed by atoms with Crippen molar-refractivity contribution < 1.29 is 28.2 Å². The summed E-state index contributed by atoms with van der Waals surface area (Å²) in [5.74, 6) is 0.281. The van der Waals surface area contributed by atoms with Gasteiger partial charge in [-0.05, 0) is 47.9 Å². The van der Waals surface area contributed by atoms with Gasteiger partial charge in [-0.15, -0.1) is 0 Å². The number of methoxy groups -OCH3 is 1. The number of aromatic amines is 1. The molecule has 8 nitrogen and oxygen atoms in total. The number of nitrogens with one attached hydrogen (secondary N) is 1. The first-order valence-electron chi connectivity index (χ1n) is 10.6. The predicted molar refractivity (Wildman–Crippen MR) is 121 cm³/mol. The number of ketones is 1. The van der Waals surface area contributed by atoms with Crippen molar-refractivity contribution in [3.8, 4) is 17.2 Å². The number of Topliss-reactive ketones (excluding diaryl/α,β-unsaturated/α-hetero) is 1. The molecule has 0 amide bonds. The lowest BCUT2D eigenvalue weighted by atomic mass is 9.85.